The summed E-state index contributed by atoms with van der Waals surface area (Å²) in [6, 6.07) is 6.61. The maximum absolute atomic E-state index is 12.2. The van der Waals surface area contributed by atoms with E-state index in [0.29, 0.717) is 22.4 Å². The van der Waals surface area contributed by atoms with Crippen molar-refractivity contribution in [3.8, 4) is 5.75 Å². The van der Waals surface area contributed by atoms with Crippen LogP contribution in [0.25, 0.3) is 0 Å². The van der Waals surface area contributed by atoms with E-state index in [9.17, 15) is 14.7 Å². The Morgan fingerprint density at radius 1 is 1.33 bits per heavy atom. The molecule has 1 heterocycles. The maximum atomic E-state index is 12.2. The van der Waals surface area contributed by atoms with Gasteiger partial charge < -0.3 is 14.8 Å². The number of nitrogens with one attached hydrogen (secondary N) is 2. The highest BCUT2D eigenvalue weighted by molar-refractivity contribution is 6.00. The lowest BCUT2D eigenvalue weighted by Crippen LogP contribution is -2.19. The first kappa shape index (κ1) is 17.3. The van der Waals surface area contributed by atoms with Crippen LogP contribution in [-0.2, 0) is 4.74 Å². The Morgan fingerprint density at radius 3 is 2.71 bits per heavy atom. The Hall–Kier alpha value is -3.09. The fourth-order valence-electron chi connectivity index (χ4n) is 2.30. The summed E-state index contributed by atoms with van der Waals surface area (Å²) in [4.78, 5) is 27.0. The molecule has 0 fully saturated rings. The van der Waals surface area contributed by atoms with E-state index in [1.54, 1.807) is 39.0 Å². The van der Waals surface area contributed by atoms with Crippen LogP contribution in [0.2, 0.25) is 0 Å². The summed E-state index contributed by atoms with van der Waals surface area (Å²) in [6.07, 6.45) is 1.34. The van der Waals surface area contributed by atoms with Gasteiger partial charge in [0.25, 0.3) is 5.91 Å². The quantitative estimate of drug-likeness (QED) is 0.445. The van der Waals surface area contributed by atoms with Crippen LogP contribution in [0.3, 0.4) is 0 Å². The molecule has 0 aliphatic rings. The van der Waals surface area contributed by atoms with Gasteiger partial charge >= 0.3 is 5.97 Å². The third-order valence-corrected chi connectivity index (χ3v) is 3.45. The van der Waals surface area contributed by atoms with E-state index in [2.05, 4.69) is 15.5 Å². The molecule has 7 heteroatoms. The topological polar surface area (TPSA) is 104 Å². The van der Waals surface area contributed by atoms with Crippen molar-refractivity contribution in [2.45, 2.75) is 20.8 Å². The molecule has 0 bridgehead atoms. The number of aromatic hydroxyl groups is 1. The summed E-state index contributed by atoms with van der Waals surface area (Å²) < 4.78 is 4.99. The molecule has 0 aliphatic carbocycles. The van der Waals surface area contributed by atoms with E-state index >= 15 is 0 Å². The Morgan fingerprint density at radius 2 is 2.04 bits per heavy atom. The average molecular weight is 329 g/mol. The van der Waals surface area contributed by atoms with Crippen molar-refractivity contribution in [1.82, 2.24) is 10.4 Å². The van der Waals surface area contributed by atoms with Crippen LogP contribution in [0, 0.1) is 13.8 Å². The summed E-state index contributed by atoms with van der Waals surface area (Å²) >= 11 is 0. The molecular formula is C17H19N3O4. The standard InChI is InChI=1S/C17H19N3O4/c1-4-24-17(23)14-10(2)15(19-11(14)3)16(22)20-18-9-12-7-5-6-8-13(12)21/h5-9,19,21H,4H2,1-3H3,(H,20,22). The van der Waals surface area contributed by atoms with Gasteiger partial charge in [-0.3, -0.25) is 4.79 Å². The molecule has 1 aromatic carbocycles. The third kappa shape index (κ3) is 3.62. The van der Waals surface area contributed by atoms with Crippen molar-refractivity contribution in [2.24, 2.45) is 5.10 Å². The van der Waals surface area contributed by atoms with Crippen LogP contribution >= 0.6 is 0 Å². The average Bonchev–Trinajstić information content (AvgIpc) is 2.84. The SMILES string of the molecule is CCOC(=O)c1c(C)[nH]c(C(=O)NN=Cc2ccccc2O)c1C. The molecule has 2 aromatic rings. The second kappa shape index (κ2) is 7.45. The number of phenolic OH excluding ortho intramolecular Hbond substituents is 1. The van der Waals surface area contributed by atoms with E-state index in [1.165, 1.54) is 12.3 Å². The van der Waals surface area contributed by atoms with Crippen molar-refractivity contribution < 1.29 is 19.4 Å². The molecule has 24 heavy (non-hydrogen) atoms. The number of H-pyrrole nitrogens is 1. The first-order valence-electron chi connectivity index (χ1n) is 7.43. The summed E-state index contributed by atoms with van der Waals surface area (Å²) in [7, 11) is 0. The van der Waals surface area contributed by atoms with E-state index < -0.39 is 11.9 Å². The van der Waals surface area contributed by atoms with Gasteiger partial charge in [-0.15, -0.1) is 0 Å². The molecule has 0 saturated heterocycles. The van der Waals surface area contributed by atoms with Gasteiger partial charge in [0.2, 0.25) is 0 Å². The summed E-state index contributed by atoms with van der Waals surface area (Å²) in [5.74, 6) is -0.898. The zero-order valence-electron chi connectivity index (χ0n) is 13.7. The second-order valence-corrected chi connectivity index (χ2v) is 5.10. The number of amides is 1. The molecule has 0 radical (unpaired) electrons. The number of carbonyl (C=O) groups excluding carboxylic acids is 2. The number of hydrazone groups is 1. The number of ether oxygens (including phenoxy) is 1. The molecular weight excluding hydrogens is 310 g/mol. The molecule has 1 aromatic heterocycles. The molecule has 7 nitrogen and oxygen atoms in total. The Kier molecular flexibility index (Phi) is 5.36. The van der Waals surface area contributed by atoms with Crippen molar-refractivity contribution in [3.63, 3.8) is 0 Å². The smallest absolute Gasteiger partial charge is 0.340 e. The first-order valence-corrected chi connectivity index (χ1v) is 7.43. The van der Waals surface area contributed by atoms with Gasteiger partial charge in [-0.1, -0.05) is 12.1 Å². The number of para-hydroxylation sites is 1. The summed E-state index contributed by atoms with van der Waals surface area (Å²) in [6.45, 7) is 5.34. The minimum atomic E-state index is -0.488. The number of aromatic nitrogens is 1. The highest BCUT2D eigenvalue weighted by atomic mass is 16.5. The minimum Gasteiger partial charge on any atom is -0.507 e. The number of benzene rings is 1. The number of nitrogens with zero attached hydrogens (tertiary/aromatic N) is 1. The van der Waals surface area contributed by atoms with Crippen molar-refractivity contribution in [3.05, 3.63) is 52.3 Å². The van der Waals surface area contributed by atoms with E-state index in [4.69, 9.17) is 4.74 Å². The van der Waals surface area contributed by atoms with Gasteiger partial charge in [0.05, 0.1) is 18.4 Å². The van der Waals surface area contributed by atoms with Gasteiger partial charge in [0.15, 0.2) is 0 Å². The molecule has 1 amide bonds. The number of esters is 1. The van der Waals surface area contributed by atoms with Gasteiger partial charge in [-0.25, -0.2) is 10.2 Å². The highest BCUT2D eigenvalue weighted by Gasteiger charge is 2.22. The van der Waals surface area contributed by atoms with Gasteiger partial charge in [0, 0.05) is 11.3 Å². The summed E-state index contributed by atoms with van der Waals surface area (Å²) in [5.41, 5.74) is 4.49. The number of rotatable bonds is 5. The highest BCUT2D eigenvalue weighted by Crippen LogP contribution is 2.19. The van der Waals surface area contributed by atoms with E-state index in [0.717, 1.165) is 0 Å². The van der Waals surface area contributed by atoms with Crippen LogP contribution < -0.4 is 5.43 Å². The number of hydrogen-bond acceptors (Lipinski definition) is 5. The molecule has 0 spiro atoms. The summed E-state index contributed by atoms with van der Waals surface area (Å²) in [5, 5.41) is 13.4. The molecule has 3 N–H and O–H groups in total. The van der Waals surface area contributed by atoms with Crippen LogP contribution in [-0.4, -0.2) is 34.8 Å². The van der Waals surface area contributed by atoms with Gasteiger partial charge in [-0.2, -0.15) is 5.10 Å². The lowest BCUT2D eigenvalue weighted by atomic mass is 10.1. The number of carbonyl (C=O) groups is 2. The van der Waals surface area contributed by atoms with Crippen LogP contribution in [0.15, 0.2) is 29.4 Å². The lowest BCUT2D eigenvalue weighted by Gasteiger charge is -2.02. The van der Waals surface area contributed by atoms with Crippen LogP contribution in [0.1, 0.15) is 44.6 Å². The largest absolute Gasteiger partial charge is 0.507 e. The van der Waals surface area contributed by atoms with Crippen LogP contribution in [0.5, 0.6) is 5.75 Å². The fourth-order valence-corrected chi connectivity index (χ4v) is 2.30. The monoisotopic (exact) mass is 329 g/mol. The lowest BCUT2D eigenvalue weighted by molar-refractivity contribution is 0.0525. The maximum Gasteiger partial charge on any atom is 0.340 e. The van der Waals surface area contributed by atoms with Crippen LogP contribution in [0.4, 0.5) is 0 Å². The fraction of sp³-hybridized carbons (Fsp3) is 0.235. The minimum absolute atomic E-state index is 0.0620. The van der Waals surface area contributed by atoms with E-state index in [-0.39, 0.29) is 18.1 Å². The van der Waals surface area contributed by atoms with Gasteiger partial charge in [0.1, 0.15) is 11.4 Å². The Balaban J connectivity index is 2.15. The molecule has 0 aliphatic heterocycles. The number of aromatic amines is 1. The van der Waals surface area contributed by atoms with Crippen molar-refractivity contribution >= 4 is 18.1 Å². The first-order chi connectivity index (χ1) is 11.5. The van der Waals surface area contributed by atoms with Crippen molar-refractivity contribution in [1.29, 1.82) is 0 Å². The second-order valence-electron chi connectivity index (χ2n) is 5.10. The number of phenols is 1. The third-order valence-electron chi connectivity index (χ3n) is 3.45. The number of aryl methyl sites for hydroxylation is 1. The van der Waals surface area contributed by atoms with Crippen molar-refractivity contribution in [2.75, 3.05) is 6.61 Å². The number of hydrogen-bond donors (Lipinski definition) is 3. The van der Waals surface area contributed by atoms with Gasteiger partial charge in [-0.05, 0) is 38.5 Å². The Bertz CT molecular complexity index is 793. The molecule has 0 atom stereocenters. The predicted octanol–water partition coefficient (Wildman–Crippen LogP) is 2.28. The zero-order chi connectivity index (χ0) is 17.7. The predicted molar refractivity (Wildman–Crippen MR) is 89.4 cm³/mol. The molecule has 0 unspecified atom stereocenters. The zero-order valence-corrected chi connectivity index (χ0v) is 13.7. The molecule has 0 saturated carbocycles. The normalized spacial score (nSPS) is 10.8. The van der Waals surface area contributed by atoms with E-state index in [1.807, 2.05) is 0 Å². The molecule has 126 valence electrons. The molecule has 2 rings (SSSR count). The Labute approximate surface area is 139 Å².